The summed E-state index contributed by atoms with van der Waals surface area (Å²) in [5.41, 5.74) is 1.84. The molecule has 0 spiro atoms. The van der Waals surface area contributed by atoms with Crippen LogP contribution in [-0.2, 0) is 11.2 Å². The monoisotopic (exact) mass is 291 g/mol. The van der Waals surface area contributed by atoms with E-state index in [1.165, 1.54) is 5.56 Å². The molecule has 4 nitrogen and oxygen atoms in total. The van der Waals surface area contributed by atoms with Crippen molar-refractivity contribution in [3.05, 3.63) is 35.4 Å². The Labute approximate surface area is 126 Å². The van der Waals surface area contributed by atoms with Gasteiger partial charge in [0.15, 0.2) is 5.78 Å². The van der Waals surface area contributed by atoms with Crippen LogP contribution in [0.1, 0.15) is 49.5 Å². The van der Waals surface area contributed by atoms with Crippen molar-refractivity contribution in [3.8, 4) is 0 Å². The van der Waals surface area contributed by atoms with Crippen LogP contribution in [0.15, 0.2) is 24.3 Å². The van der Waals surface area contributed by atoms with Gasteiger partial charge in [-0.25, -0.2) is 0 Å². The lowest BCUT2D eigenvalue weighted by atomic mass is 10.0. The van der Waals surface area contributed by atoms with Crippen molar-refractivity contribution in [1.82, 2.24) is 5.32 Å². The van der Waals surface area contributed by atoms with Crippen LogP contribution in [0, 0.1) is 5.92 Å². The Kier molecular flexibility index (Phi) is 7.09. The average molecular weight is 291 g/mol. The zero-order valence-corrected chi connectivity index (χ0v) is 13.1. The maximum Gasteiger partial charge on any atom is 0.220 e. The molecule has 0 radical (unpaired) electrons. The summed E-state index contributed by atoms with van der Waals surface area (Å²) in [6, 6.07) is 7.42. The van der Waals surface area contributed by atoms with Crippen molar-refractivity contribution in [1.29, 1.82) is 0 Å². The zero-order chi connectivity index (χ0) is 15.8. The van der Waals surface area contributed by atoms with Crippen LogP contribution < -0.4 is 5.32 Å². The second kappa shape index (κ2) is 8.57. The molecular formula is C17H25NO3. The van der Waals surface area contributed by atoms with Crippen molar-refractivity contribution in [3.63, 3.8) is 0 Å². The minimum absolute atomic E-state index is 0.00578. The quantitative estimate of drug-likeness (QED) is 0.722. The van der Waals surface area contributed by atoms with Gasteiger partial charge in [0.1, 0.15) is 0 Å². The first kappa shape index (κ1) is 17.4. The molecule has 2 N–H and O–H groups in total. The Hall–Kier alpha value is -1.68. The van der Waals surface area contributed by atoms with Crippen molar-refractivity contribution < 1.29 is 14.7 Å². The fourth-order valence-electron chi connectivity index (χ4n) is 1.92. The number of Topliss-reactive ketones (excluding diaryl/α,β-unsaturated/α-hetero) is 1. The Morgan fingerprint density at radius 3 is 2.29 bits per heavy atom. The Bertz CT molecular complexity index is 467. The number of aliphatic hydroxyl groups is 1. The SMILES string of the molecule is CCc1ccc(C(=O)CCC(=O)NC(C)C(C)CO)cc1. The molecule has 1 aromatic carbocycles. The highest BCUT2D eigenvalue weighted by Crippen LogP contribution is 2.09. The molecule has 2 unspecified atom stereocenters. The molecule has 0 bridgehead atoms. The van der Waals surface area contributed by atoms with Gasteiger partial charge in [0, 0.05) is 31.1 Å². The highest BCUT2D eigenvalue weighted by atomic mass is 16.3. The van der Waals surface area contributed by atoms with Crippen LogP contribution in [0.3, 0.4) is 0 Å². The van der Waals surface area contributed by atoms with Gasteiger partial charge in [-0.15, -0.1) is 0 Å². The van der Waals surface area contributed by atoms with Crippen molar-refractivity contribution >= 4 is 11.7 Å². The number of nitrogens with one attached hydrogen (secondary N) is 1. The van der Waals surface area contributed by atoms with E-state index in [4.69, 9.17) is 5.11 Å². The molecule has 0 saturated carbocycles. The predicted octanol–water partition coefficient (Wildman–Crippen LogP) is 2.35. The molecule has 0 aromatic heterocycles. The maximum atomic E-state index is 12.0. The lowest BCUT2D eigenvalue weighted by Gasteiger charge is -2.19. The number of carbonyl (C=O) groups is 2. The van der Waals surface area contributed by atoms with Crippen LogP contribution in [0.5, 0.6) is 0 Å². The maximum absolute atomic E-state index is 12.0. The van der Waals surface area contributed by atoms with Gasteiger partial charge < -0.3 is 10.4 Å². The van der Waals surface area contributed by atoms with Crippen molar-refractivity contribution in [2.45, 2.75) is 46.1 Å². The Morgan fingerprint density at radius 1 is 1.14 bits per heavy atom. The summed E-state index contributed by atoms with van der Waals surface area (Å²) in [5.74, 6) is -0.164. The average Bonchev–Trinajstić information content (AvgIpc) is 2.51. The van der Waals surface area contributed by atoms with Gasteiger partial charge in [0.2, 0.25) is 5.91 Å². The Balaban J connectivity index is 2.43. The molecule has 4 heteroatoms. The van der Waals surface area contributed by atoms with Crippen LogP contribution >= 0.6 is 0 Å². The van der Waals surface area contributed by atoms with Gasteiger partial charge in [0.05, 0.1) is 0 Å². The fourth-order valence-corrected chi connectivity index (χ4v) is 1.92. The summed E-state index contributed by atoms with van der Waals surface area (Å²) >= 11 is 0. The van der Waals surface area contributed by atoms with Gasteiger partial charge in [-0.05, 0) is 24.8 Å². The first-order chi connectivity index (χ1) is 9.97. The van der Waals surface area contributed by atoms with Gasteiger partial charge in [-0.1, -0.05) is 38.1 Å². The summed E-state index contributed by atoms with van der Waals surface area (Å²) in [4.78, 5) is 23.8. The molecule has 0 aliphatic rings. The number of rotatable bonds is 8. The third-order valence-corrected chi connectivity index (χ3v) is 3.79. The standard InChI is InChI=1S/C17H25NO3/c1-4-14-5-7-15(8-6-14)16(20)9-10-17(21)18-13(3)12(2)11-19/h5-8,12-13,19H,4,9-11H2,1-3H3,(H,18,21). The van der Waals surface area contributed by atoms with Crippen LogP contribution in [0.2, 0.25) is 0 Å². The van der Waals surface area contributed by atoms with E-state index in [9.17, 15) is 9.59 Å². The molecule has 2 atom stereocenters. The summed E-state index contributed by atoms with van der Waals surface area (Å²) in [5, 5.41) is 11.8. The van der Waals surface area contributed by atoms with E-state index in [0.717, 1.165) is 6.42 Å². The van der Waals surface area contributed by atoms with Crippen molar-refractivity contribution in [2.75, 3.05) is 6.61 Å². The first-order valence-electron chi connectivity index (χ1n) is 7.50. The molecule has 0 fully saturated rings. The Morgan fingerprint density at radius 2 is 1.76 bits per heavy atom. The lowest BCUT2D eigenvalue weighted by molar-refractivity contribution is -0.122. The third kappa shape index (κ3) is 5.68. The number of ketones is 1. The second-order valence-corrected chi connectivity index (χ2v) is 5.49. The van der Waals surface area contributed by atoms with Gasteiger partial charge in [0.25, 0.3) is 0 Å². The number of hydrogen-bond donors (Lipinski definition) is 2. The van der Waals surface area contributed by atoms with E-state index < -0.39 is 0 Å². The zero-order valence-electron chi connectivity index (χ0n) is 13.1. The fraction of sp³-hybridized carbons (Fsp3) is 0.529. The van der Waals surface area contributed by atoms with E-state index in [2.05, 4.69) is 12.2 Å². The van der Waals surface area contributed by atoms with Gasteiger partial charge >= 0.3 is 0 Å². The van der Waals surface area contributed by atoms with Crippen LogP contribution in [0.4, 0.5) is 0 Å². The molecule has 0 heterocycles. The van der Waals surface area contributed by atoms with Gasteiger partial charge in [-0.2, -0.15) is 0 Å². The minimum atomic E-state index is -0.152. The molecule has 21 heavy (non-hydrogen) atoms. The largest absolute Gasteiger partial charge is 0.396 e. The van der Waals surface area contributed by atoms with E-state index >= 15 is 0 Å². The summed E-state index contributed by atoms with van der Waals surface area (Å²) < 4.78 is 0. The van der Waals surface area contributed by atoms with E-state index in [1.54, 1.807) is 0 Å². The topological polar surface area (TPSA) is 66.4 Å². The smallest absolute Gasteiger partial charge is 0.220 e. The molecule has 0 saturated heterocycles. The van der Waals surface area contributed by atoms with Crippen molar-refractivity contribution in [2.24, 2.45) is 5.92 Å². The van der Waals surface area contributed by atoms with E-state index in [0.29, 0.717) is 5.56 Å². The van der Waals surface area contributed by atoms with Crippen LogP contribution in [-0.4, -0.2) is 29.4 Å². The number of aryl methyl sites for hydroxylation is 1. The summed E-state index contributed by atoms with van der Waals surface area (Å²) in [6.45, 7) is 5.81. The van der Waals surface area contributed by atoms with E-state index in [-0.39, 0.29) is 43.1 Å². The third-order valence-electron chi connectivity index (χ3n) is 3.79. The van der Waals surface area contributed by atoms with E-state index in [1.807, 2.05) is 38.1 Å². The highest BCUT2D eigenvalue weighted by molar-refractivity contribution is 5.97. The number of amides is 1. The summed E-state index contributed by atoms with van der Waals surface area (Å²) in [7, 11) is 0. The number of hydrogen-bond acceptors (Lipinski definition) is 3. The number of benzene rings is 1. The molecule has 0 aliphatic carbocycles. The number of carbonyl (C=O) groups excluding carboxylic acids is 2. The highest BCUT2D eigenvalue weighted by Gasteiger charge is 2.15. The molecular weight excluding hydrogens is 266 g/mol. The molecule has 0 aliphatic heterocycles. The minimum Gasteiger partial charge on any atom is -0.396 e. The summed E-state index contributed by atoms with van der Waals surface area (Å²) in [6.07, 6.45) is 1.33. The molecule has 1 rings (SSSR count). The molecule has 116 valence electrons. The molecule has 1 aromatic rings. The molecule has 1 amide bonds. The van der Waals surface area contributed by atoms with Crippen LogP contribution in [0.25, 0.3) is 0 Å². The number of aliphatic hydroxyl groups excluding tert-OH is 1. The predicted molar refractivity (Wildman–Crippen MR) is 83.2 cm³/mol. The van der Waals surface area contributed by atoms with Gasteiger partial charge in [-0.3, -0.25) is 9.59 Å². The first-order valence-corrected chi connectivity index (χ1v) is 7.50. The second-order valence-electron chi connectivity index (χ2n) is 5.49. The lowest BCUT2D eigenvalue weighted by Crippen LogP contribution is -2.38. The normalized spacial score (nSPS) is 13.5.